The lowest BCUT2D eigenvalue weighted by atomic mass is 9.96. The third-order valence-electron chi connectivity index (χ3n) is 5.35. The highest BCUT2D eigenvalue weighted by Crippen LogP contribution is 2.19. The van der Waals surface area contributed by atoms with E-state index >= 15 is 0 Å². The van der Waals surface area contributed by atoms with Crippen LogP contribution in [0.3, 0.4) is 0 Å². The Balaban J connectivity index is 1.81. The number of ether oxygens (including phenoxy) is 2. The minimum atomic E-state index is -0.351. The fourth-order valence-electron chi connectivity index (χ4n) is 3.37. The van der Waals surface area contributed by atoms with Crippen molar-refractivity contribution in [3.63, 3.8) is 0 Å². The maximum absolute atomic E-state index is 12.8. The Labute approximate surface area is 172 Å². The summed E-state index contributed by atoms with van der Waals surface area (Å²) >= 11 is 0. The summed E-state index contributed by atoms with van der Waals surface area (Å²) in [6.45, 7) is 5.26. The number of likely N-dealkylation sites (tertiary alicyclic amines) is 1. The molecule has 1 aliphatic rings. The lowest BCUT2D eigenvalue weighted by Gasteiger charge is -2.33. The smallest absolute Gasteiger partial charge is 0.309 e. The van der Waals surface area contributed by atoms with Gasteiger partial charge in [-0.25, -0.2) is 0 Å². The third-order valence-corrected chi connectivity index (χ3v) is 5.35. The molecule has 8 nitrogen and oxygen atoms in total. The molecule has 160 valence electrons. The highest BCUT2D eigenvalue weighted by molar-refractivity contribution is 5.91. The first kappa shape index (κ1) is 22.7. The van der Waals surface area contributed by atoms with Crippen molar-refractivity contribution >= 4 is 23.5 Å². The Kier molecular flexibility index (Phi) is 8.45. The molecule has 29 heavy (non-hydrogen) atoms. The van der Waals surface area contributed by atoms with Gasteiger partial charge in [-0.1, -0.05) is 0 Å². The number of benzene rings is 1. The molecule has 0 aromatic heterocycles. The number of hydrogen-bond donors (Lipinski definition) is 2. The van der Waals surface area contributed by atoms with Gasteiger partial charge in [0.1, 0.15) is 5.75 Å². The van der Waals surface area contributed by atoms with Gasteiger partial charge in [0, 0.05) is 18.8 Å². The van der Waals surface area contributed by atoms with E-state index in [1.807, 2.05) is 14.0 Å². The van der Waals surface area contributed by atoms with Crippen LogP contribution in [-0.4, -0.2) is 69.1 Å². The van der Waals surface area contributed by atoms with Gasteiger partial charge >= 0.3 is 5.97 Å². The first-order valence-corrected chi connectivity index (χ1v) is 10.1. The molecule has 1 aliphatic heterocycles. The zero-order valence-electron chi connectivity index (χ0n) is 17.7. The standard InChI is InChI=1S/C21H31N3O5/c1-5-29-21(27)16-10-12-24(13-11-16)20(26)15(2)23(3)14-19(25)22-17-6-8-18(28-4)9-7-17/h6-9,15-16H,5,10-14H2,1-4H3,(H,22,25)/p+1/t15-/m0/s1. The van der Waals surface area contributed by atoms with Crippen molar-refractivity contribution in [1.82, 2.24) is 4.90 Å². The summed E-state index contributed by atoms with van der Waals surface area (Å²) in [5.41, 5.74) is 0.684. The highest BCUT2D eigenvalue weighted by Gasteiger charge is 2.33. The van der Waals surface area contributed by atoms with Gasteiger partial charge in [-0.2, -0.15) is 0 Å². The maximum atomic E-state index is 12.8. The van der Waals surface area contributed by atoms with Crippen LogP contribution in [0.1, 0.15) is 26.7 Å². The number of carbonyl (C=O) groups excluding carboxylic acids is 3. The number of methoxy groups -OCH3 is 1. The fourth-order valence-corrected chi connectivity index (χ4v) is 3.37. The van der Waals surface area contributed by atoms with E-state index in [-0.39, 0.29) is 36.3 Å². The predicted molar refractivity (Wildman–Crippen MR) is 109 cm³/mol. The normalized spacial score (nSPS) is 16.6. The molecule has 1 fully saturated rings. The monoisotopic (exact) mass is 406 g/mol. The van der Waals surface area contributed by atoms with Gasteiger partial charge in [-0.05, 0) is 51.0 Å². The molecule has 1 saturated heterocycles. The van der Waals surface area contributed by atoms with Crippen LogP contribution in [0.4, 0.5) is 5.69 Å². The van der Waals surface area contributed by atoms with Crippen LogP contribution in [0.5, 0.6) is 5.75 Å². The second-order valence-corrected chi connectivity index (χ2v) is 7.37. The van der Waals surface area contributed by atoms with Crippen LogP contribution in [-0.2, 0) is 19.1 Å². The van der Waals surface area contributed by atoms with Crippen molar-refractivity contribution in [3.05, 3.63) is 24.3 Å². The number of anilines is 1. The van der Waals surface area contributed by atoms with E-state index in [2.05, 4.69) is 5.32 Å². The molecule has 2 atom stereocenters. The lowest BCUT2D eigenvalue weighted by Crippen LogP contribution is -3.15. The van der Waals surface area contributed by atoms with E-state index in [9.17, 15) is 14.4 Å². The molecule has 1 unspecified atom stereocenters. The molecular formula is C21H32N3O5+. The minimum Gasteiger partial charge on any atom is -0.497 e. The predicted octanol–water partition coefficient (Wildman–Crippen LogP) is 0.339. The minimum absolute atomic E-state index is 0.00190. The Hall–Kier alpha value is -2.61. The maximum Gasteiger partial charge on any atom is 0.309 e. The summed E-state index contributed by atoms with van der Waals surface area (Å²) in [6.07, 6.45) is 1.24. The van der Waals surface area contributed by atoms with Gasteiger partial charge in [0.25, 0.3) is 11.8 Å². The average Bonchev–Trinajstić information content (AvgIpc) is 2.73. The number of hydrogen-bond acceptors (Lipinski definition) is 5. The van der Waals surface area contributed by atoms with Crippen LogP contribution < -0.4 is 15.0 Å². The Morgan fingerprint density at radius 3 is 2.38 bits per heavy atom. The summed E-state index contributed by atoms with van der Waals surface area (Å²) in [7, 11) is 3.42. The summed E-state index contributed by atoms with van der Waals surface area (Å²) in [5.74, 6) is 0.257. The Morgan fingerprint density at radius 1 is 1.21 bits per heavy atom. The summed E-state index contributed by atoms with van der Waals surface area (Å²) in [6, 6.07) is 6.75. The molecule has 0 bridgehead atoms. The topological polar surface area (TPSA) is 89.4 Å². The number of rotatable bonds is 8. The second kappa shape index (κ2) is 10.8. The summed E-state index contributed by atoms with van der Waals surface area (Å²) < 4.78 is 10.2. The quantitative estimate of drug-likeness (QED) is 0.608. The molecule has 0 aliphatic carbocycles. The number of nitrogens with one attached hydrogen (secondary N) is 2. The summed E-state index contributed by atoms with van der Waals surface area (Å²) in [4.78, 5) is 39.6. The van der Waals surface area contributed by atoms with E-state index in [1.165, 1.54) is 0 Å². The molecule has 1 heterocycles. The molecule has 1 aromatic rings. The highest BCUT2D eigenvalue weighted by atomic mass is 16.5. The van der Waals surface area contributed by atoms with Gasteiger partial charge in [0.05, 0.1) is 26.7 Å². The number of likely N-dealkylation sites (N-methyl/N-ethyl adjacent to an activating group) is 1. The van der Waals surface area contributed by atoms with Crippen LogP contribution >= 0.6 is 0 Å². The molecule has 8 heteroatoms. The van der Waals surface area contributed by atoms with E-state index in [1.54, 1.807) is 43.2 Å². The van der Waals surface area contributed by atoms with E-state index in [0.29, 0.717) is 38.2 Å². The molecule has 2 amide bonds. The van der Waals surface area contributed by atoms with Crippen molar-refractivity contribution in [2.75, 3.05) is 45.7 Å². The fraction of sp³-hybridized carbons (Fsp3) is 0.571. The van der Waals surface area contributed by atoms with Crippen LogP contribution in [0.2, 0.25) is 0 Å². The van der Waals surface area contributed by atoms with Crippen molar-refractivity contribution in [2.24, 2.45) is 5.92 Å². The van der Waals surface area contributed by atoms with E-state index in [4.69, 9.17) is 9.47 Å². The number of esters is 1. The Morgan fingerprint density at radius 2 is 1.83 bits per heavy atom. The summed E-state index contributed by atoms with van der Waals surface area (Å²) in [5, 5.41) is 2.84. The van der Waals surface area contributed by atoms with Crippen molar-refractivity contribution in [2.45, 2.75) is 32.7 Å². The van der Waals surface area contributed by atoms with Crippen LogP contribution in [0, 0.1) is 5.92 Å². The third kappa shape index (κ3) is 6.45. The van der Waals surface area contributed by atoms with Crippen molar-refractivity contribution < 1.29 is 28.8 Å². The SMILES string of the molecule is CCOC(=O)C1CCN(C(=O)[C@H](C)[NH+](C)CC(=O)Nc2ccc(OC)cc2)CC1. The lowest BCUT2D eigenvalue weighted by molar-refractivity contribution is -0.886. The molecule has 2 rings (SSSR count). The van der Waals surface area contributed by atoms with E-state index < -0.39 is 0 Å². The van der Waals surface area contributed by atoms with Crippen LogP contribution in [0.25, 0.3) is 0 Å². The van der Waals surface area contributed by atoms with Gasteiger partial charge in [-0.3, -0.25) is 14.4 Å². The first-order valence-electron chi connectivity index (χ1n) is 10.1. The molecule has 0 spiro atoms. The van der Waals surface area contributed by atoms with E-state index in [0.717, 1.165) is 10.6 Å². The molecule has 2 N–H and O–H groups in total. The number of quaternary nitrogens is 1. The molecule has 0 radical (unpaired) electrons. The second-order valence-electron chi connectivity index (χ2n) is 7.37. The van der Waals surface area contributed by atoms with Crippen LogP contribution in [0.15, 0.2) is 24.3 Å². The van der Waals surface area contributed by atoms with Crippen molar-refractivity contribution in [3.8, 4) is 5.75 Å². The number of carbonyl (C=O) groups is 3. The van der Waals surface area contributed by atoms with Crippen molar-refractivity contribution in [1.29, 1.82) is 0 Å². The van der Waals surface area contributed by atoms with Gasteiger partial charge < -0.3 is 24.6 Å². The zero-order chi connectivity index (χ0) is 21.4. The van der Waals surface area contributed by atoms with Gasteiger partial charge in [0.15, 0.2) is 12.6 Å². The number of piperidine rings is 1. The largest absolute Gasteiger partial charge is 0.497 e. The zero-order valence-corrected chi connectivity index (χ0v) is 17.7. The van der Waals surface area contributed by atoms with Gasteiger partial charge in [0.2, 0.25) is 0 Å². The Bertz CT molecular complexity index is 699. The first-order chi connectivity index (χ1) is 13.8. The number of amides is 2. The van der Waals surface area contributed by atoms with Gasteiger partial charge in [-0.15, -0.1) is 0 Å². The average molecular weight is 407 g/mol. The molecule has 0 saturated carbocycles. The molecule has 1 aromatic carbocycles. The number of nitrogens with zero attached hydrogens (tertiary/aromatic N) is 1. The molecular weight excluding hydrogens is 374 g/mol.